The fourth-order valence-corrected chi connectivity index (χ4v) is 3.69. The third kappa shape index (κ3) is 3.17. The first-order valence-electron chi connectivity index (χ1n) is 9.32. The van der Waals surface area contributed by atoms with Crippen LogP contribution in [0.3, 0.4) is 0 Å². The zero-order chi connectivity index (χ0) is 20.6. The van der Waals surface area contributed by atoms with E-state index in [1.165, 1.54) is 0 Å². The van der Waals surface area contributed by atoms with Crippen molar-refractivity contribution in [2.75, 3.05) is 24.3 Å². The number of aromatic amines is 1. The van der Waals surface area contributed by atoms with Crippen molar-refractivity contribution in [3.63, 3.8) is 0 Å². The van der Waals surface area contributed by atoms with Crippen molar-refractivity contribution in [1.82, 2.24) is 15.4 Å². The maximum Gasteiger partial charge on any atom is 0.213 e. The van der Waals surface area contributed by atoms with Crippen molar-refractivity contribution in [3.8, 4) is 22.3 Å². The Hall–Kier alpha value is -3.09. The maximum absolute atomic E-state index is 11.7. The van der Waals surface area contributed by atoms with Gasteiger partial charge in [-0.3, -0.25) is 9.89 Å². The number of nitrogens with zero attached hydrogens (tertiary/aromatic N) is 3. The fourth-order valence-electron chi connectivity index (χ4n) is 3.69. The van der Waals surface area contributed by atoms with Crippen LogP contribution in [0.4, 0.5) is 11.4 Å². The summed E-state index contributed by atoms with van der Waals surface area (Å²) in [6.07, 6.45) is 0.819. The molecule has 148 valence electrons. The lowest BCUT2D eigenvalue weighted by Gasteiger charge is -2.23. The molecule has 2 N–H and O–H groups in total. The Morgan fingerprint density at radius 2 is 1.93 bits per heavy atom. The van der Waals surface area contributed by atoms with Gasteiger partial charge in [-0.15, -0.1) is 0 Å². The average Bonchev–Trinajstić information content (AvgIpc) is 3.22. The standard InChI is InChI=1S/C21H27N5O2/c1-11(2)20-19(12(3)23-24-20)16-8-15(18-13(4)25-28-14(18)5)9-17(22-6)21(16)26(7)10-27/h8-11,22H,1-7H3,(H,23,24). The van der Waals surface area contributed by atoms with Crippen LogP contribution < -0.4 is 10.2 Å². The summed E-state index contributed by atoms with van der Waals surface area (Å²) in [6.45, 7) is 10.1. The number of aryl methyl sites for hydroxylation is 3. The molecule has 0 saturated carbocycles. The van der Waals surface area contributed by atoms with Crippen molar-refractivity contribution in [3.05, 3.63) is 35.0 Å². The van der Waals surface area contributed by atoms with Gasteiger partial charge < -0.3 is 14.7 Å². The zero-order valence-corrected chi connectivity index (χ0v) is 17.5. The molecule has 0 aliphatic heterocycles. The minimum Gasteiger partial charge on any atom is -0.386 e. The summed E-state index contributed by atoms with van der Waals surface area (Å²) in [5.41, 5.74) is 8.31. The topological polar surface area (TPSA) is 87.1 Å². The van der Waals surface area contributed by atoms with Gasteiger partial charge in [0.05, 0.1) is 22.8 Å². The van der Waals surface area contributed by atoms with Crippen LogP contribution in [0.25, 0.3) is 22.3 Å². The second-order valence-electron chi connectivity index (χ2n) is 7.35. The predicted octanol–water partition coefficient (Wildman–Crippen LogP) is 4.41. The first-order valence-corrected chi connectivity index (χ1v) is 9.32. The fraction of sp³-hybridized carbons (Fsp3) is 0.381. The van der Waals surface area contributed by atoms with E-state index in [0.717, 1.165) is 62.9 Å². The monoisotopic (exact) mass is 381 g/mol. The Labute approximate surface area is 165 Å². The SMILES string of the molecule is CNc1cc(-c2c(C)noc2C)cc(-c2c(C(C)C)n[nH]c2C)c1N(C)C=O. The van der Waals surface area contributed by atoms with Crippen LogP contribution in [0, 0.1) is 20.8 Å². The van der Waals surface area contributed by atoms with Gasteiger partial charge in [0.15, 0.2) is 0 Å². The van der Waals surface area contributed by atoms with E-state index in [1.807, 2.05) is 33.9 Å². The molecule has 2 heterocycles. The van der Waals surface area contributed by atoms with E-state index in [9.17, 15) is 4.79 Å². The van der Waals surface area contributed by atoms with Gasteiger partial charge in [-0.25, -0.2) is 0 Å². The summed E-state index contributed by atoms with van der Waals surface area (Å²) < 4.78 is 5.38. The zero-order valence-electron chi connectivity index (χ0n) is 17.5. The molecule has 1 aromatic carbocycles. The first-order chi connectivity index (χ1) is 13.3. The minimum absolute atomic E-state index is 0.232. The molecular formula is C21H27N5O2. The Bertz CT molecular complexity index is 997. The molecule has 3 aromatic rings. The molecule has 0 atom stereocenters. The van der Waals surface area contributed by atoms with Crippen LogP contribution in [-0.4, -0.2) is 35.9 Å². The summed E-state index contributed by atoms with van der Waals surface area (Å²) in [5.74, 6) is 0.991. The summed E-state index contributed by atoms with van der Waals surface area (Å²) in [7, 11) is 3.61. The molecule has 0 bridgehead atoms. The highest BCUT2D eigenvalue weighted by atomic mass is 16.5. The number of benzene rings is 1. The van der Waals surface area contributed by atoms with Crippen molar-refractivity contribution < 1.29 is 9.32 Å². The summed E-state index contributed by atoms with van der Waals surface area (Å²) in [5, 5.41) is 15.0. The third-order valence-electron chi connectivity index (χ3n) is 5.00. The van der Waals surface area contributed by atoms with E-state index in [2.05, 4.69) is 40.6 Å². The lowest BCUT2D eigenvalue weighted by molar-refractivity contribution is -0.107. The van der Waals surface area contributed by atoms with Gasteiger partial charge in [0.1, 0.15) is 5.76 Å². The van der Waals surface area contributed by atoms with E-state index in [4.69, 9.17) is 4.52 Å². The number of hydrogen-bond donors (Lipinski definition) is 2. The van der Waals surface area contributed by atoms with Gasteiger partial charge >= 0.3 is 0 Å². The van der Waals surface area contributed by atoms with Crippen LogP contribution >= 0.6 is 0 Å². The van der Waals surface area contributed by atoms with E-state index >= 15 is 0 Å². The summed E-state index contributed by atoms with van der Waals surface area (Å²) in [4.78, 5) is 13.3. The number of hydrogen-bond acceptors (Lipinski definition) is 5. The van der Waals surface area contributed by atoms with Crippen molar-refractivity contribution in [2.45, 2.75) is 40.5 Å². The van der Waals surface area contributed by atoms with Gasteiger partial charge in [-0.2, -0.15) is 5.10 Å². The first kappa shape index (κ1) is 19.7. The molecule has 0 radical (unpaired) electrons. The molecule has 0 fully saturated rings. The van der Waals surface area contributed by atoms with E-state index in [0.29, 0.717) is 0 Å². The Morgan fingerprint density at radius 1 is 1.21 bits per heavy atom. The molecule has 1 amide bonds. The molecular weight excluding hydrogens is 354 g/mol. The lowest BCUT2D eigenvalue weighted by atomic mass is 9.91. The maximum atomic E-state index is 11.7. The van der Waals surface area contributed by atoms with Crippen LogP contribution in [-0.2, 0) is 4.79 Å². The Morgan fingerprint density at radius 3 is 2.46 bits per heavy atom. The third-order valence-corrected chi connectivity index (χ3v) is 5.00. The highest BCUT2D eigenvalue weighted by Gasteiger charge is 2.24. The molecule has 0 saturated heterocycles. The van der Waals surface area contributed by atoms with Gasteiger partial charge in [0.2, 0.25) is 6.41 Å². The highest BCUT2D eigenvalue weighted by Crippen LogP contribution is 2.44. The van der Waals surface area contributed by atoms with E-state index in [1.54, 1.807) is 11.9 Å². The number of rotatable bonds is 6. The molecule has 2 aromatic heterocycles. The quantitative estimate of drug-likeness (QED) is 0.618. The Balaban J connectivity index is 2.41. The summed E-state index contributed by atoms with van der Waals surface area (Å²) >= 11 is 0. The van der Waals surface area contributed by atoms with Crippen molar-refractivity contribution >= 4 is 17.8 Å². The second-order valence-corrected chi connectivity index (χ2v) is 7.35. The average molecular weight is 381 g/mol. The predicted molar refractivity (Wildman–Crippen MR) is 112 cm³/mol. The van der Waals surface area contributed by atoms with E-state index < -0.39 is 0 Å². The Kier molecular flexibility index (Phi) is 5.27. The van der Waals surface area contributed by atoms with Crippen LogP contribution in [0.15, 0.2) is 16.7 Å². The molecule has 28 heavy (non-hydrogen) atoms. The van der Waals surface area contributed by atoms with Crippen LogP contribution in [0.2, 0.25) is 0 Å². The number of nitrogens with one attached hydrogen (secondary N) is 2. The largest absolute Gasteiger partial charge is 0.386 e. The van der Waals surface area contributed by atoms with Crippen molar-refractivity contribution in [2.24, 2.45) is 0 Å². The second kappa shape index (κ2) is 7.50. The van der Waals surface area contributed by atoms with Crippen molar-refractivity contribution in [1.29, 1.82) is 0 Å². The molecule has 0 spiro atoms. The number of carbonyl (C=O) groups excluding carboxylic acids is 1. The normalized spacial score (nSPS) is 11.1. The van der Waals surface area contributed by atoms with Gasteiger partial charge in [0, 0.05) is 36.5 Å². The van der Waals surface area contributed by atoms with E-state index in [-0.39, 0.29) is 5.92 Å². The van der Waals surface area contributed by atoms with Gasteiger partial charge in [-0.05, 0) is 44.4 Å². The molecule has 3 rings (SSSR count). The molecule has 7 heteroatoms. The molecule has 0 aliphatic carbocycles. The van der Waals surface area contributed by atoms with Gasteiger partial charge in [0.25, 0.3) is 0 Å². The number of anilines is 2. The number of aromatic nitrogens is 3. The number of H-pyrrole nitrogens is 1. The van der Waals surface area contributed by atoms with Crippen LogP contribution in [0.5, 0.6) is 0 Å². The smallest absolute Gasteiger partial charge is 0.213 e. The van der Waals surface area contributed by atoms with Gasteiger partial charge in [-0.1, -0.05) is 19.0 Å². The lowest BCUT2D eigenvalue weighted by Crippen LogP contribution is -2.17. The highest BCUT2D eigenvalue weighted by molar-refractivity contribution is 5.98. The summed E-state index contributed by atoms with van der Waals surface area (Å²) in [6, 6.07) is 4.11. The minimum atomic E-state index is 0.232. The number of carbonyl (C=O) groups is 1. The molecule has 0 unspecified atom stereocenters. The molecule has 7 nitrogen and oxygen atoms in total. The van der Waals surface area contributed by atoms with Crippen LogP contribution in [0.1, 0.15) is 42.6 Å². The molecule has 0 aliphatic rings. The number of amides is 1.